The number of hydrogen-bond acceptors (Lipinski definition) is 4. The Hall–Kier alpha value is -1.61. The van der Waals surface area contributed by atoms with E-state index in [0.29, 0.717) is 13.0 Å². The average Bonchev–Trinajstić information content (AvgIpc) is 2.79. The van der Waals surface area contributed by atoms with Crippen molar-refractivity contribution in [2.45, 2.75) is 25.3 Å². The zero-order valence-corrected chi connectivity index (χ0v) is 13.5. The summed E-state index contributed by atoms with van der Waals surface area (Å²) >= 11 is 4.92. The molecule has 0 aromatic carbocycles. The van der Waals surface area contributed by atoms with Gasteiger partial charge in [0.1, 0.15) is 6.04 Å². The molecule has 9 heteroatoms. The second kappa shape index (κ2) is 8.63. The first-order valence-electron chi connectivity index (χ1n) is 6.18. The van der Waals surface area contributed by atoms with Gasteiger partial charge in [0.2, 0.25) is 5.91 Å². The highest BCUT2D eigenvalue weighted by atomic mass is 79.9. The Morgan fingerprint density at radius 2 is 2.10 bits per heavy atom. The van der Waals surface area contributed by atoms with Crippen LogP contribution in [-0.4, -0.2) is 35.6 Å². The fraction of sp³-hybridized carbons (Fsp3) is 0.417. The van der Waals surface area contributed by atoms with E-state index in [-0.39, 0.29) is 12.8 Å². The number of halogens is 1. The molecular formula is C12H16BrN3O4S. The summed E-state index contributed by atoms with van der Waals surface area (Å²) in [4.78, 5) is 34.3. The van der Waals surface area contributed by atoms with Crippen molar-refractivity contribution in [3.05, 3.63) is 20.8 Å². The first-order chi connectivity index (χ1) is 9.88. The Labute approximate surface area is 134 Å². The van der Waals surface area contributed by atoms with Gasteiger partial charge in [0.15, 0.2) is 0 Å². The first kappa shape index (κ1) is 17.4. The van der Waals surface area contributed by atoms with Crippen LogP contribution in [0.3, 0.4) is 0 Å². The molecule has 21 heavy (non-hydrogen) atoms. The normalized spacial score (nSPS) is 11.7. The molecule has 0 saturated heterocycles. The van der Waals surface area contributed by atoms with Crippen molar-refractivity contribution in [1.29, 1.82) is 0 Å². The van der Waals surface area contributed by atoms with Crippen LogP contribution in [0.15, 0.2) is 15.9 Å². The van der Waals surface area contributed by atoms with E-state index in [4.69, 9.17) is 10.8 Å². The van der Waals surface area contributed by atoms with Crippen molar-refractivity contribution in [1.82, 2.24) is 10.6 Å². The van der Waals surface area contributed by atoms with E-state index < -0.39 is 23.9 Å². The highest BCUT2D eigenvalue weighted by Crippen LogP contribution is 2.21. The summed E-state index contributed by atoms with van der Waals surface area (Å²) < 4.78 is 1.01. The maximum Gasteiger partial charge on any atom is 0.326 e. The van der Waals surface area contributed by atoms with E-state index in [1.807, 2.05) is 12.1 Å². The van der Waals surface area contributed by atoms with Gasteiger partial charge in [-0.05, 0) is 40.9 Å². The van der Waals surface area contributed by atoms with Gasteiger partial charge < -0.3 is 21.5 Å². The summed E-state index contributed by atoms with van der Waals surface area (Å²) in [5.74, 6) is -1.81. The predicted molar refractivity (Wildman–Crippen MR) is 82.1 cm³/mol. The Bertz CT molecular complexity index is 520. The SMILES string of the molecule is NC(=O)CC[C@H](NC(=O)NCCc1ccc(Br)s1)C(=O)O. The van der Waals surface area contributed by atoms with Crippen molar-refractivity contribution in [3.63, 3.8) is 0 Å². The van der Waals surface area contributed by atoms with E-state index in [1.165, 1.54) is 0 Å². The van der Waals surface area contributed by atoms with Crippen LogP contribution in [0.4, 0.5) is 4.79 Å². The van der Waals surface area contributed by atoms with Gasteiger partial charge in [0.25, 0.3) is 0 Å². The molecule has 0 aliphatic heterocycles. The summed E-state index contributed by atoms with van der Waals surface area (Å²) in [5.41, 5.74) is 4.96. The minimum Gasteiger partial charge on any atom is -0.480 e. The van der Waals surface area contributed by atoms with E-state index in [9.17, 15) is 14.4 Å². The molecule has 0 aliphatic rings. The molecule has 5 N–H and O–H groups in total. The molecule has 1 atom stereocenters. The van der Waals surface area contributed by atoms with E-state index in [0.717, 1.165) is 8.66 Å². The molecule has 0 bridgehead atoms. The number of nitrogens with two attached hydrogens (primary N) is 1. The summed E-state index contributed by atoms with van der Waals surface area (Å²) in [6.45, 7) is 0.390. The van der Waals surface area contributed by atoms with Crippen molar-refractivity contribution in [3.8, 4) is 0 Å². The number of aliphatic carboxylic acids is 1. The summed E-state index contributed by atoms with van der Waals surface area (Å²) in [6.07, 6.45) is 0.527. The molecule has 3 amide bonds. The molecule has 1 heterocycles. The minimum atomic E-state index is -1.20. The zero-order chi connectivity index (χ0) is 15.8. The molecule has 0 saturated carbocycles. The maximum atomic E-state index is 11.6. The maximum absolute atomic E-state index is 11.6. The lowest BCUT2D eigenvalue weighted by Gasteiger charge is -2.14. The Morgan fingerprint density at radius 1 is 1.38 bits per heavy atom. The molecule has 0 radical (unpaired) electrons. The molecular weight excluding hydrogens is 362 g/mol. The fourth-order valence-electron chi connectivity index (χ4n) is 1.54. The lowest BCUT2D eigenvalue weighted by atomic mass is 10.1. The second-order valence-electron chi connectivity index (χ2n) is 4.25. The van der Waals surface area contributed by atoms with Crippen LogP contribution < -0.4 is 16.4 Å². The highest BCUT2D eigenvalue weighted by molar-refractivity contribution is 9.11. The smallest absolute Gasteiger partial charge is 0.326 e. The van der Waals surface area contributed by atoms with Crippen LogP contribution in [0.25, 0.3) is 0 Å². The number of amides is 3. The number of primary amides is 1. The topological polar surface area (TPSA) is 122 Å². The number of carboxylic acid groups (broad SMARTS) is 1. The third kappa shape index (κ3) is 7.09. The Kier molecular flexibility index (Phi) is 7.17. The Morgan fingerprint density at radius 3 is 2.62 bits per heavy atom. The molecule has 0 spiro atoms. The molecule has 1 aromatic heterocycles. The van der Waals surface area contributed by atoms with Crippen LogP contribution in [0.2, 0.25) is 0 Å². The summed E-state index contributed by atoms with van der Waals surface area (Å²) in [6, 6.07) is 2.15. The number of carbonyl (C=O) groups excluding carboxylic acids is 2. The predicted octanol–water partition coefficient (Wildman–Crippen LogP) is 1.07. The average molecular weight is 378 g/mol. The molecule has 0 unspecified atom stereocenters. The number of hydrogen-bond donors (Lipinski definition) is 4. The van der Waals surface area contributed by atoms with Gasteiger partial charge in [0.05, 0.1) is 3.79 Å². The van der Waals surface area contributed by atoms with Crippen LogP contribution in [0.1, 0.15) is 17.7 Å². The molecule has 7 nitrogen and oxygen atoms in total. The molecule has 116 valence electrons. The van der Waals surface area contributed by atoms with Gasteiger partial charge in [0, 0.05) is 17.8 Å². The third-order valence-corrected chi connectivity index (χ3v) is 4.25. The summed E-state index contributed by atoms with van der Waals surface area (Å²) in [7, 11) is 0. The van der Waals surface area contributed by atoms with Crippen LogP contribution >= 0.6 is 27.3 Å². The van der Waals surface area contributed by atoms with Crippen molar-refractivity contribution in [2.24, 2.45) is 5.73 Å². The van der Waals surface area contributed by atoms with Crippen molar-refractivity contribution < 1.29 is 19.5 Å². The zero-order valence-electron chi connectivity index (χ0n) is 11.1. The number of nitrogens with one attached hydrogen (secondary N) is 2. The Balaban J connectivity index is 2.32. The van der Waals surface area contributed by atoms with Gasteiger partial charge in [-0.25, -0.2) is 9.59 Å². The van der Waals surface area contributed by atoms with Crippen LogP contribution in [0, 0.1) is 0 Å². The minimum absolute atomic E-state index is 0.0318. The van der Waals surface area contributed by atoms with Gasteiger partial charge >= 0.3 is 12.0 Å². The van der Waals surface area contributed by atoms with E-state index >= 15 is 0 Å². The van der Waals surface area contributed by atoms with Crippen LogP contribution in [-0.2, 0) is 16.0 Å². The molecule has 1 rings (SSSR count). The number of urea groups is 1. The van der Waals surface area contributed by atoms with E-state index in [1.54, 1.807) is 11.3 Å². The highest BCUT2D eigenvalue weighted by Gasteiger charge is 2.20. The monoisotopic (exact) mass is 377 g/mol. The van der Waals surface area contributed by atoms with Gasteiger partial charge in [-0.3, -0.25) is 4.79 Å². The molecule has 0 fully saturated rings. The van der Waals surface area contributed by atoms with E-state index in [2.05, 4.69) is 26.6 Å². The second-order valence-corrected chi connectivity index (χ2v) is 6.80. The lowest BCUT2D eigenvalue weighted by molar-refractivity contribution is -0.139. The van der Waals surface area contributed by atoms with Crippen molar-refractivity contribution in [2.75, 3.05) is 6.54 Å². The molecule has 1 aromatic rings. The fourth-order valence-corrected chi connectivity index (χ4v) is 3.02. The first-order valence-corrected chi connectivity index (χ1v) is 7.79. The van der Waals surface area contributed by atoms with Crippen molar-refractivity contribution >= 4 is 45.2 Å². The quantitative estimate of drug-likeness (QED) is 0.541. The standard InChI is InChI=1S/C12H16BrN3O4S/c13-9-3-1-7(21-9)5-6-15-12(20)16-8(11(18)19)2-4-10(14)17/h1,3,8H,2,4-6H2,(H2,14,17)(H,18,19)(H2,15,16,20)/t8-/m0/s1. The lowest BCUT2D eigenvalue weighted by Crippen LogP contribution is -2.46. The van der Waals surface area contributed by atoms with Gasteiger partial charge in [-0.1, -0.05) is 0 Å². The van der Waals surface area contributed by atoms with Gasteiger partial charge in [-0.2, -0.15) is 0 Å². The van der Waals surface area contributed by atoms with Crippen LogP contribution in [0.5, 0.6) is 0 Å². The number of rotatable bonds is 8. The number of thiophene rings is 1. The van der Waals surface area contributed by atoms with Gasteiger partial charge in [-0.15, -0.1) is 11.3 Å². The third-order valence-electron chi connectivity index (χ3n) is 2.57. The largest absolute Gasteiger partial charge is 0.480 e. The number of carboxylic acids is 1. The number of carbonyl (C=O) groups is 3. The molecule has 0 aliphatic carbocycles. The summed E-state index contributed by atoms with van der Waals surface area (Å²) in [5, 5.41) is 13.8.